The quantitative estimate of drug-likeness (QED) is 0.386. The number of allylic oxidation sites excluding steroid dienone is 2. The van der Waals surface area contributed by atoms with Gasteiger partial charge in [-0.25, -0.2) is 0 Å². The number of carbonyl (C=O) groups is 2. The molecule has 9 nitrogen and oxygen atoms in total. The molecule has 1 aliphatic heterocycles. The number of esters is 1. The summed E-state index contributed by atoms with van der Waals surface area (Å²) in [6.07, 6.45) is 0.378. The highest BCUT2D eigenvalue weighted by molar-refractivity contribution is 6.01. The minimum absolute atomic E-state index is 0.169. The molecule has 2 atom stereocenters. The van der Waals surface area contributed by atoms with E-state index in [0.29, 0.717) is 23.4 Å². The first-order valence-corrected chi connectivity index (χ1v) is 10.7. The van der Waals surface area contributed by atoms with Crippen LogP contribution in [-0.2, 0) is 14.3 Å². The summed E-state index contributed by atoms with van der Waals surface area (Å²) in [5, 5.41) is 15.2. The van der Waals surface area contributed by atoms with E-state index in [1.807, 2.05) is 13.8 Å². The second-order valence-electron chi connectivity index (χ2n) is 9.45. The second kappa shape index (κ2) is 8.88. The van der Waals surface area contributed by atoms with E-state index in [1.54, 1.807) is 13.8 Å². The van der Waals surface area contributed by atoms with Crippen LogP contribution in [0.25, 0.3) is 0 Å². The summed E-state index contributed by atoms with van der Waals surface area (Å²) in [6.45, 7) is 11.4. The van der Waals surface area contributed by atoms with E-state index in [9.17, 15) is 19.7 Å². The minimum Gasteiger partial charge on any atom is -0.493 e. The zero-order chi connectivity index (χ0) is 24.7. The number of Topliss-reactive ketones (excluding diaryl/α,β-unsaturated/α-hetero) is 1. The standard InChI is InChI=1S/C24H30N2O7/c1-12(2)33-23(28)20-13(3)25-15-10-24(4,5)11-17(27)22(15)21(20)14-8-18(31-6)19(32-7)9-16(14)26(29)30/h8-9,12,20-21,25H,3,10-11H2,1-2,4-7H3. The topological polar surface area (TPSA) is 117 Å². The van der Waals surface area contributed by atoms with Crippen LogP contribution in [0.2, 0.25) is 0 Å². The molecule has 1 N–H and O–H groups in total. The summed E-state index contributed by atoms with van der Waals surface area (Å²) >= 11 is 0. The summed E-state index contributed by atoms with van der Waals surface area (Å²) in [5.74, 6) is -2.34. The molecular formula is C24H30N2O7. The zero-order valence-corrected chi connectivity index (χ0v) is 19.8. The van der Waals surface area contributed by atoms with Crippen molar-refractivity contribution in [3.8, 4) is 11.5 Å². The van der Waals surface area contributed by atoms with E-state index < -0.39 is 28.8 Å². The van der Waals surface area contributed by atoms with Gasteiger partial charge in [0.05, 0.1) is 31.3 Å². The van der Waals surface area contributed by atoms with Crippen LogP contribution in [0, 0.1) is 21.4 Å². The van der Waals surface area contributed by atoms with Crippen LogP contribution < -0.4 is 14.8 Å². The molecular weight excluding hydrogens is 428 g/mol. The molecule has 2 unspecified atom stereocenters. The summed E-state index contributed by atoms with van der Waals surface area (Å²) in [6, 6.07) is 2.72. The number of ether oxygens (including phenoxy) is 3. The average molecular weight is 459 g/mol. The van der Waals surface area contributed by atoms with Gasteiger partial charge in [0.2, 0.25) is 0 Å². The molecule has 0 saturated heterocycles. The Morgan fingerprint density at radius 3 is 2.36 bits per heavy atom. The number of hydrogen-bond donors (Lipinski definition) is 1. The Morgan fingerprint density at radius 1 is 1.21 bits per heavy atom. The van der Waals surface area contributed by atoms with Gasteiger partial charge in [-0.05, 0) is 31.7 Å². The molecule has 33 heavy (non-hydrogen) atoms. The lowest BCUT2D eigenvalue weighted by atomic mass is 9.66. The highest BCUT2D eigenvalue weighted by Gasteiger charge is 2.49. The summed E-state index contributed by atoms with van der Waals surface area (Å²) in [4.78, 5) is 38.1. The molecule has 0 bridgehead atoms. The maximum Gasteiger partial charge on any atom is 0.316 e. The first-order valence-electron chi connectivity index (χ1n) is 10.7. The molecule has 178 valence electrons. The lowest BCUT2D eigenvalue weighted by Gasteiger charge is -2.42. The van der Waals surface area contributed by atoms with Gasteiger partial charge in [-0.15, -0.1) is 0 Å². The van der Waals surface area contributed by atoms with Crippen LogP contribution in [0.1, 0.15) is 52.0 Å². The van der Waals surface area contributed by atoms with Crippen molar-refractivity contribution in [3.05, 3.63) is 51.4 Å². The average Bonchev–Trinajstić information content (AvgIpc) is 2.69. The SMILES string of the molecule is C=C1NC2=C(C(=O)CC(C)(C)C2)C(c2cc(OC)c(OC)cc2[N+](=O)[O-])C1C(=O)OC(C)C. The maximum absolute atomic E-state index is 13.4. The number of nitro benzene ring substituents is 1. The van der Waals surface area contributed by atoms with Gasteiger partial charge in [-0.2, -0.15) is 0 Å². The maximum atomic E-state index is 13.4. The second-order valence-corrected chi connectivity index (χ2v) is 9.45. The van der Waals surface area contributed by atoms with Gasteiger partial charge in [0.15, 0.2) is 17.3 Å². The van der Waals surface area contributed by atoms with Crippen molar-refractivity contribution in [2.75, 3.05) is 14.2 Å². The van der Waals surface area contributed by atoms with Gasteiger partial charge in [-0.1, -0.05) is 20.4 Å². The van der Waals surface area contributed by atoms with Gasteiger partial charge >= 0.3 is 5.97 Å². The van der Waals surface area contributed by atoms with Crippen LogP contribution in [0.3, 0.4) is 0 Å². The first-order chi connectivity index (χ1) is 15.4. The summed E-state index contributed by atoms with van der Waals surface area (Å²) in [5.41, 5.74) is 0.902. The molecule has 1 aliphatic carbocycles. The van der Waals surface area contributed by atoms with Crippen molar-refractivity contribution < 1.29 is 28.7 Å². The van der Waals surface area contributed by atoms with Gasteiger partial charge in [0.25, 0.3) is 5.69 Å². The van der Waals surface area contributed by atoms with E-state index in [1.165, 1.54) is 26.4 Å². The van der Waals surface area contributed by atoms with E-state index >= 15 is 0 Å². The summed E-state index contributed by atoms with van der Waals surface area (Å²) < 4.78 is 16.1. The van der Waals surface area contributed by atoms with Crippen molar-refractivity contribution >= 4 is 17.4 Å². The monoisotopic (exact) mass is 458 g/mol. The normalized spacial score (nSPS) is 21.9. The predicted octanol–water partition coefficient (Wildman–Crippen LogP) is 4.02. The number of benzene rings is 1. The van der Waals surface area contributed by atoms with Crippen LogP contribution in [0.15, 0.2) is 35.7 Å². The van der Waals surface area contributed by atoms with E-state index in [4.69, 9.17) is 14.2 Å². The number of nitrogens with zero attached hydrogens (tertiary/aromatic N) is 1. The Morgan fingerprint density at radius 2 is 1.82 bits per heavy atom. The number of carbonyl (C=O) groups excluding carboxylic acids is 2. The molecule has 2 aliphatic rings. The van der Waals surface area contributed by atoms with Gasteiger partial charge < -0.3 is 19.5 Å². The van der Waals surface area contributed by atoms with Crippen molar-refractivity contribution in [1.29, 1.82) is 0 Å². The Hall–Kier alpha value is -3.36. The number of nitrogens with one attached hydrogen (secondary N) is 1. The Bertz CT molecular complexity index is 1060. The van der Waals surface area contributed by atoms with Crippen LogP contribution in [0.4, 0.5) is 5.69 Å². The molecule has 0 saturated carbocycles. The molecule has 0 radical (unpaired) electrons. The van der Waals surface area contributed by atoms with E-state index in [0.717, 1.165) is 0 Å². The van der Waals surface area contributed by atoms with Crippen molar-refractivity contribution in [2.45, 2.75) is 52.6 Å². The number of methoxy groups -OCH3 is 2. The van der Waals surface area contributed by atoms with Crippen LogP contribution in [0.5, 0.6) is 11.5 Å². The highest BCUT2D eigenvalue weighted by Crippen LogP contribution is 2.51. The minimum atomic E-state index is -1.03. The van der Waals surface area contributed by atoms with Gasteiger partial charge in [0, 0.05) is 34.9 Å². The third-order valence-corrected chi connectivity index (χ3v) is 5.92. The largest absolute Gasteiger partial charge is 0.493 e. The van der Waals surface area contributed by atoms with Gasteiger partial charge in [0.1, 0.15) is 5.92 Å². The molecule has 1 heterocycles. The summed E-state index contributed by atoms with van der Waals surface area (Å²) in [7, 11) is 2.79. The molecule has 0 aromatic heterocycles. The van der Waals surface area contributed by atoms with Crippen molar-refractivity contribution in [3.63, 3.8) is 0 Å². The molecule has 1 aromatic rings. The predicted molar refractivity (Wildman–Crippen MR) is 121 cm³/mol. The van der Waals surface area contributed by atoms with Crippen molar-refractivity contribution in [1.82, 2.24) is 5.32 Å². The molecule has 3 rings (SSSR count). The van der Waals surface area contributed by atoms with Crippen LogP contribution >= 0.6 is 0 Å². The fourth-order valence-electron chi connectivity index (χ4n) is 4.66. The third kappa shape index (κ3) is 4.58. The third-order valence-electron chi connectivity index (χ3n) is 5.92. The number of rotatable bonds is 6. The first kappa shape index (κ1) is 24.3. The van der Waals surface area contributed by atoms with E-state index in [-0.39, 0.29) is 40.4 Å². The number of ketones is 1. The number of hydrogen-bond acceptors (Lipinski definition) is 8. The smallest absolute Gasteiger partial charge is 0.316 e. The molecule has 0 fully saturated rings. The molecule has 1 aromatic carbocycles. The Labute approximate surface area is 192 Å². The van der Waals surface area contributed by atoms with E-state index in [2.05, 4.69) is 11.9 Å². The lowest BCUT2D eigenvalue weighted by Crippen LogP contribution is -2.44. The fraction of sp³-hybridized carbons (Fsp3) is 0.500. The van der Waals surface area contributed by atoms with Crippen molar-refractivity contribution in [2.24, 2.45) is 11.3 Å². The molecule has 0 amide bonds. The van der Waals surface area contributed by atoms with Crippen LogP contribution in [-0.4, -0.2) is 37.0 Å². The van der Waals surface area contributed by atoms with Gasteiger partial charge in [-0.3, -0.25) is 19.7 Å². The number of nitro groups is 1. The highest BCUT2D eigenvalue weighted by atomic mass is 16.6. The Kier molecular flexibility index (Phi) is 6.53. The fourth-order valence-corrected chi connectivity index (χ4v) is 4.66. The molecule has 9 heteroatoms. The Balaban J connectivity index is 2.33. The lowest BCUT2D eigenvalue weighted by molar-refractivity contribution is -0.385. The molecule has 0 spiro atoms. The zero-order valence-electron chi connectivity index (χ0n) is 19.8.